The van der Waals surface area contributed by atoms with Crippen molar-refractivity contribution in [2.75, 3.05) is 26.2 Å². The number of carbonyl (C=O) groups excluding carboxylic acids is 1. The van der Waals surface area contributed by atoms with Gasteiger partial charge in [0.05, 0.1) is 17.8 Å². The molecule has 5 nitrogen and oxygen atoms in total. The summed E-state index contributed by atoms with van der Waals surface area (Å²) in [5.41, 5.74) is 2.49. The van der Waals surface area contributed by atoms with Crippen LogP contribution >= 0.6 is 0 Å². The summed E-state index contributed by atoms with van der Waals surface area (Å²) >= 11 is 0. The lowest BCUT2D eigenvalue weighted by atomic mass is 10.1. The Labute approximate surface area is 149 Å². The molecule has 1 amide bonds. The van der Waals surface area contributed by atoms with E-state index in [9.17, 15) is 4.79 Å². The van der Waals surface area contributed by atoms with E-state index in [1.54, 1.807) is 0 Å². The second-order valence-electron chi connectivity index (χ2n) is 7.84. The van der Waals surface area contributed by atoms with Gasteiger partial charge < -0.3 is 10.2 Å². The van der Waals surface area contributed by atoms with Gasteiger partial charge in [-0.3, -0.25) is 9.48 Å². The standard InChI is InChI=1S/C20H28N4O/c1-16-17-6-2-3-7-18(17)24(22-16)13-8-19(25)21-14-20(9-10-20)15-23-11-4-5-12-23/h2-3,6-7H,4-5,8-15H2,1H3,(H,21,25). The summed E-state index contributed by atoms with van der Waals surface area (Å²) in [6.07, 6.45) is 5.67. The monoisotopic (exact) mass is 340 g/mol. The molecule has 25 heavy (non-hydrogen) atoms. The highest BCUT2D eigenvalue weighted by molar-refractivity contribution is 5.82. The molecule has 5 heteroatoms. The molecule has 0 spiro atoms. The van der Waals surface area contributed by atoms with Crippen molar-refractivity contribution >= 4 is 16.8 Å². The van der Waals surface area contributed by atoms with Crippen molar-refractivity contribution in [2.24, 2.45) is 5.41 Å². The first-order valence-corrected chi connectivity index (χ1v) is 9.56. The highest BCUT2D eigenvalue weighted by Crippen LogP contribution is 2.46. The smallest absolute Gasteiger partial charge is 0.221 e. The summed E-state index contributed by atoms with van der Waals surface area (Å²) in [7, 11) is 0. The fourth-order valence-electron chi connectivity index (χ4n) is 4.03. The molecule has 2 fully saturated rings. The van der Waals surface area contributed by atoms with E-state index in [1.807, 2.05) is 23.7 Å². The minimum absolute atomic E-state index is 0.143. The minimum atomic E-state index is 0.143. The fraction of sp³-hybridized carbons (Fsp3) is 0.600. The van der Waals surface area contributed by atoms with Crippen LogP contribution in [-0.4, -0.2) is 46.8 Å². The highest BCUT2D eigenvalue weighted by atomic mass is 16.1. The molecule has 0 atom stereocenters. The highest BCUT2D eigenvalue weighted by Gasteiger charge is 2.44. The second kappa shape index (κ2) is 6.79. The Morgan fingerprint density at radius 3 is 2.76 bits per heavy atom. The average molecular weight is 340 g/mol. The third-order valence-electron chi connectivity index (χ3n) is 5.77. The maximum Gasteiger partial charge on any atom is 0.221 e. The van der Waals surface area contributed by atoms with Crippen LogP contribution in [0.1, 0.15) is 37.8 Å². The average Bonchev–Trinajstić information content (AvgIpc) is 3.04. The normalized spacial score (nSPS) is 19.4. The molecule has 1 aromatic heterocycles. The van der Waals surface area contributed by atoms with Crippen LogP contribution in [0.3, 0.4) is 0 Å². The fourth-order valence-corrected chi connectivity index (χ4v) is 4.03. The predicted molar refractivity (Wildman–Crippen MR) is 99.4 cm³/mol. The molecule has 1 aromatic carbocycles. The van der Waals surface area contributed by atoms with Crippen molar-refractivity contribution < 1.29 is 4.79 Å². The molecule has 1 aliphatic carbocycles. The van der Waals surface area contributed by atoms with Gasteiger partial charge in [-0.1, -0.05) is 18.2 Å². The number of carbonyl (C=O) groups is 1. The van der Waals surface area contributed by atoms with Crippen LogP contribution in [0.25, 0.3) is 10.9 Å². The molecule has 1 aliphatic heterocycles. The Hall–Kier alpha value is -1.88. The molecule has 1 N–H and O–H groups in total. The number of hydrogen-bond donors (Lipinski definition) is 1. The topological polar surface area (TPSA) is 50.2 Å². The summed E-state index contributed by atoms with van der Waals surface area (Å²) in [5.74, 6) is 0.143. The van der Waals surface area contributed by atoms with Crippen molar-refractivity contribution in [1.29, 1.82) is 0 Å². The molecule has 2 aliphatic rings. The lowest BCUT2D eigenvalue weighted by Gasteiger charge is -2.23. The van der Waals surface area contributed by atoms with Gasteiger partial charge in [-0.25, -0.2) is 0 Å². The van der Waals surface area contributed by atoms with E-state index in [-0.39, 0.29) is 5.91 Å². The van der Waals surface area contributed by atoms with Gasteiger partial charge in [-0.15, -0.1) is 0 Å². The van der Waals surface area contributed by atoms with Gasteiger partial charge >= 0.3 is 0 Å². The van der Waals surface area contributed by atoms with Gasteiger partial charge in [0.2, 0.25) is 5.91 Å². The SMILES string of the molecule is Cc1nn(CCC(=O)NCC2(CN3CCCC3)CC2)c2ccccc12. The summed E-state index contributed by atoms with van der Waals surface area (Å²) in [6.45, 7) is 7.13. The van der Waals surface area contributed by atoms with Crippen LogP contribution in [0.4, 0.5) is 0 Å². The molecular formula is C20H28N4O. The number of para-hydroxylation sites is 1. The molecule has 4 rings (SSSR count). The number of fused-ring (bicyclic) bond motifs is 1. The van der Waals surface area contributed by atoms with Crippen LogP contribution < -0.4 is 5.32 Å². The van der Waals surface area contributed by atoms with Gasteiger partial charge in [0.25, 0.3) is 0 Å². The molecule has 2 heterocycles. The Morgan fingerprint density at radius 2 is 2.00 bits per heavy atom. The number of likely N-dealkylation sites (tertiary alicyclic amines) is 1. The van der Waals surface area contributed by atoms with Gasteiger partial charge in [-0.05, 0) is 51.8 Å². The first kappa shape index (κ1) is 16.6. The maximum atomic E-state index is 12.3. The lowest BCUT2D eigenvalue weighted by molar-refractivity contribution is -0.121. The zero-order valence-corrected chi connectivity index (χ0v) is 15.1. The van der Waals surface area contributed by atoms with Gasteiger partial charge in [-0.2, -0.15) is 5.10 Å². The van der Waals surface area contributed by atoms with E-state index in [2.05, 4.69) is 27.4 Å². The summed E-state index contributed by atoms with van der Waals surface area (Å²) in [5, 5.41) is 8.93. The zero-order chi connectivity index (χ0) is 17.3. The second-order valence-corrected chi connectivity index (χ2v) is 7.84. The summed E-state index contributed by atoms with van der Waals surface area (Å²) in [6, 6.07) is 8.21. The van der Waals surface area contributed by atoms with E-state index in [1.165, 1.54) is 44.2 Å². The Bertz CT molecular complexity index is 756. The van der Waals surface area contributed by atoms with Crippen molar-refractivity contribution in [3.05, 3.63) is 30.0 Å². The minimum Gasteiger partial charge on any atom is -0.355 e. The number of rotatable bonds is 7. The molecule has 1 saturated heterocycles. The van der Waals surface area contributed by atoms with Crippen molar-refractivity contribution in [3.63, 3.8) is 0 Å². The molecule has 0 bridgehead atoms. The quantitative estimate of drug-likeness (QED) is 0.843. The van der Waals surface area contributed by atoms with Crippen molar-refractivity contribution in [2.45, 2.75) is 45.6 Å². The molecule has 0 radical (unpaired) electrons. The molecule has 1 saturated carbocycles. The zero-order valence-electron chi connectivity index (χ0n) is 15.1. The third-order valence-corrected chi connectivity index (χ3v) is 5.77. The molecular weight excluding hydrogens is 312 g/mol. The van der Waals surface area contributed by atoms with E-state index in [0.717, 1.165) is 24.3 Å². The van der Waals surface area contributed by atoms with Gasteiger partial charge in [0, 0.05) is 30.3 Å². The molecule has 2 aromatic rings. The van der Waals surface area contributed by atoms with E-state index >= 15 is 0 Å². The van der Waals surface area contributed by atoms with Crippen LogP contribution in [0.2, 0.25) is 0 Å². The van der Waals surface area contributed by atoms with Gasteiger partial charge in [0.1, 0.15) is 0 Å². The first-order valence-electron chi connectivity index (χ1n) is 9.56. The largest absolute Gasteiger partial charge is 0.355 e. The summed E-state index contributed by atoms with van der Waals surface area (Å²) in [4.78, 5) is 14.9. The lowest BCUT2D eigenvalue weighted by Crippen LogP contribution is -2.37. The Morgan fingerprint density at radius 1 is 1.24 bits per heavy atom. The number of hydrogen-bond acceptors (Lipinski definition) is 3. The summed E-state index contributed by atoms with van der Waals surface area (Å²) < 4.78 is 1.96. The number of amides is 1. The van der Waals surface area contributed by atoms with Crippen LogP contribution in [0.5, 0.6) is 0 Å². The maximum absolute atomic E-state index is 12.3. The number of aryl methyl sites for hydroxylation is 2. The number of aromatic nitrogens is 2. The van der Waals surface area contributed by atoms with E-state index in [0.29, 0.717) is 18.4 Å². The molecule has 0 unspecified atom stereocenters. The van der Waals surface area contributed by atoms with Crippen LogP contribution in [-0.2, 0) is 11.3 Å². The Kier molecular flexibility index (Phi) is 4.50. The van der Waals surface area contributed by atoms with Crippen molar-refractivity contribution in [1.82, 2.24) is 20.0 Å². The van der Waals surface area contributed by atoms with Crippen molar-refractivity contribution in [3.8, 4) is 0 Å². The number of nitrogens with zero attached hydrogens (tertiary/aromatic N) is 3. The van der Waals surface area contributed by atoms with Gasteiger partial charge in [0.15, 0.2) is 0 Å². The van der Waals surface area contributed by atoms with Crippen LogP contribution in [0, 0.1) is 12.3 Å². The number of benzene rings is 1. The predicted octanol–water partition coefficient (Wildman–Crippen LogP) is 2.73. The van der Waals surface area contributed by atoms with E-state index < -0.39 is 0 Å². The van der Waals surface area contributed by atoms with E-state index in [4.69, 9.17) is 0 Å². The number of nitrogens with one attached hydrogen (secondary N) is 1. The third kappa shape index (κ3) is 3.71. The Balaban J connectivity index is 1.28. The first-order chi connectivity index (χ1) is 12.2. The molecule has 134 valence electrons. The van der Waals surface area contributed by atoms with Crippen LogP contribution in [0.15, 0.2) is 24.3 Å².